The Balaban J connectivity index is 2.12. The molecule has 27 heavy (non-hydrogen) atoms. The standard InChI is InChI=1S/C22H26O4Si/c1-17(21(23)24)20(27(2,3)19-13-8-5-9-14-19)15-10-16-26-22(25)18-11-6-4-7-12-18/h4-15,17,20H,16H2,1-3H3,(H,23,24)/b15-10+/t17-,20+/m1/s1. The van der Waals surface area contributed by atoms with Crippen LogP contribution in [0.2, 0.25) is 18.6 Å². The fourth-order valence-electron chi connectivity index (χ4n) is 3.23. The molecule has 5 heteroatoms. The Morgan fingerprint density at radius 1 is 1.04 bits per heavy atom. The van der Waals surface area contributed by atoms with E-state index in [2.05, 4.69) is 25.2 Å². The molecule has 2 aromatic rings. The van der Waals surface area contributed by atoms with Crippen LogP contribution in [0.4, 0.5) is 0 Å². The third-order valence-corrected chi connectivity index (χ3v) is 9.12. The number of allylic oxidation sites excluding steroid dienone is 1. The van der Waals surface area contributed by atoms with Crippen molar-refractivity contribution in [2.45, 2.75) is 25.6 Å². The topological polar surface area (TPSA) is 63.6 Å². The van der Waals surface area contributed by atoms with Crippen LogP contribution in [0.3, 0.4) is 0 Å². The second-order valence-corrected chi connectivity index (χ2v) is 11.8. The first-order valence-electron chi connectivity index (χ1n) is 9.01. The van der Waals surface area contributed by atoms with Crippen LogP contribution in [0.5, 0.6) is 0 Å². The van der Waals surface area contributed by atoms with E-state index in [0.29, 0.717) is 5.56 Å². The lowest BCUT2D eigenvalue weighted by atomic mass is 10.1. The van der Waals surface area contributed by atoms with E-state index in [1.165, 1.54) is 5.19 Å². The summed E-state index contributed by atoms with van der Waals surface area (Å²) in [6.07, 6.45) is 3.68. The van der Waals surface area contributed by atoms with Gasteiger partial charge in [-0.25, -0.2) is 4.79 Å². The molecule has 4 nitrogen and oxygen atoms in total. The van der Waals surface area contributed by atoms with Gasteiger partial charge in [0.05, 0.1) is 19.6 Å². The fourth-order valence-corrected chi connectivity index (χ4v) is 6.68. The van der Waals surface area contributed by atoms with Gasteiger partial charge < -0.3 is 9.84 Å². The van der Waals surface area contributed by atoms with Crippen LogP contribution >= 0.6 is 0 Å². The Bertz CT molecular complexity index is 784. The third-order valence-electron chi connectivity index (χ3n) is 4.94. The zero-order valence-corrected chi connectivity index (χ0v) is 17.0. The number of aliphatic carboxylic acids is 1. The highest BCUT2D eigenvalue weighted by Crippen LogP contribution is 2.31. The highest BCUT2D eigenvalue weighted by molar-refractivity contribution is 6.91. The molecule has 0 saturated heterocycles. The number of esters is 1. The number of rotatable bonds is 8. The zero-order chi connectivity index (χ0) is 19.9. The number of carboxylic acid groups (broad SMARTS) is 1. The fraction of sp³-hybridized carbons (Fsp3) is 0.273. The second kappa shape index (κ2) is 9.32. The van der Waals surface area contributed by atoms with Crippen molar-refractivity contribution in [3.63, 3.8) is 0 Å². The summed E-state index contributed by atoms with van der Waals surface area (Å²) in [6, 6.07) is 18.9. The molecule has 2 aromatic carbocycles. The molecule has 0 bridgehead atoms. The minimum Gasteiger partial charge on any atom is -0.481 e. The van der Waals surface area contributed by atoms with Crippen molar-refractivity contribution < 1.29 is 19.4 Å². The van der Waals surface area contributed by atoms with Crippen molar-refractivity contribution in [1.29, 1.82) is 0 Å². The summed E-state index contributed by atoms with van der Waals surface area (Å²) in [6.45, 7) is 6.21. The Labute approximate surface area is 161 Å². The predicted molar refractivity (Wildman–Crippen MR) is 110 cm³/mol. The van der Waals surface area contributed by atoms with Gasteiger partial charge in [0.15, 0.2) is 0 Å². The highest BCUT2D eigenvalue weighted by Gasteiger charge is 2.38. The average molecular weight is 383 g/mol. The SMILES string of the molecule is C[C@@H](C(=O)O)[C@H](/C=C/COC(=O)c1ccccc1)[Si](C)(C)c1ccccc1. The van der Waals surface area contributed by atoms with Crippen molar-refractivity contribution >= 4 is 25.2 Å². The van der Waals surface area contributed by atoms with Crippen LogP contribution in [-0.2, 0) is 9.53 Å². The number of ether oxygens (including phenoxy) is 1. The molecule has 0 spiro atoms. The van der Waals surface area contributed by atoms with Crippen LogP contribution in [0.1, 0.15) is 17.3 Å². The summed E-state index contributed by atoms with van der Waals surface area (Å²) < 4.78 is 5.28. The molecule has 0 amide bonds. The number of hydrogen-bond donors (Lipinski definition) is 1. The maximum absolute atomic E-state index is 12.0. The number of benzene rings is 2. The Morgan fingerprint density at radius 3 is 2.15 bits per heavy atom. The molecule has 0 radical (unpaired) electrons. The second-order valence-electron chi connectivity index (χ2n) is 7.13. The predicted octanol–water partition coefficient (Wildman–Crippen LogP) is 4.11. The summed E-state index contributed by atoms with van der Waals surface area (Å²) in [4.78, 5) is 23.7. The summed E-state index contributed by atoms with van der Waals surface area (Å²) in [5.41, 5.74) is 0.383. The van der Waals surface area contributed by atoms with E-state index < -0.39 is 20.0 Å². The Kier molecular flexibility index (Phi) is 7.13. The number of carbonyl (C=O) groups is 2. The first kappa shape index (κ1) is 20.6. The van der Waals surface area contributed by atoms with E-state index >= 15 is 0 Å². The van der Waals surface area contributed by atoms with Gasteiger partial charge in [0, 0.05) is 0 Å². The van der Waals surface area contributed by atoms with E-state index in [4.69, 9.17) is 4.74 Å². The summed E-state index contributed by atoms with van der Waals surface area (Å²) in [5, 5.41) is 10.8. The number of carboxylic acids is 1. The molecule has 1 N–H and O–H groups in total. The molecule has 0 fully saturated rings. The Hall–Kier alpha value is -2.66. The largest absolute Gasteiger partial charge is 0.481 e. The maximum Gasteiger partial charge on any atom is 0.338 e. The lowest BCUT2D eigenvalue weighted by Gasteiger charge is -2.33. The maximum atomic E-state index is 12.0. The quantitative estimate of drug-likeness (QED) is 0.424. The Morgan fingerprint density at radius 2 is 1.59 bits per heavy atom. The van der Waals surface area contributed by atoms with Crippen LogP contribution in [0.25, 0.3) is 0 Å². The van der Waals surface area contributed by atoms with Gasteiger partial charge in [0.1, 0.15) is 6.61 Å². The number of carbonyl (C=O) groups excluding carboxylic acids is 1. The monoisotopic (exact) mass is 382 g/mol. The molecule has 0 aliphatic rings. The normalized spacial score (nSPS) is 13.9. The van der Waals surface area contributed by atoms with Gasteiger partial charge in [-0.1, -0.05) is 85.9 Å². The van der Waals surface area contributed by atoms with Gasteiger partial charge in [0.2, 0.25) is 0 Å². The van der Waals surface area contributed by atoms with Crippen molar-refractivity contribution in [3.8, 4) is 0 Å². The molecule has 0 unspecified atom stereocenters. The van der Waals surface area contributed by atoms with E-state index in [1.54, 1.807) is 37.3 Å². The molecular formula is C22H26O4Si. The number of hydrogen-bond acceptors (Lipinski definition) is 3. The average Bonchev–Trinajstić information content (AvgIpc) is 2.68. The summed E-state index contributed by atoms with van der Waals surface area (Å²) in [5.74, 6) is -1.72. The van der Waals surface area contributed by atoms with Gasteiger partial charge in [-0.2, -0.15) is 0 Å². The van der Waals surface area contributed by atoms with Crippen molar-refractivity contribution in [3.05, 3.63) is 78.4 Å². The molecule has 0 saturated carbocycles. The van der Waals surface area contributed by atoms with Crippen LogP contribution < -0.4 is 5.19 Å². The third kappa shape index (κ3) is 5.40. The van der Waals surface area contributed by atoms with Crippen molar-refractivity contribution in [1.82, 2.24) is 0 Å². The zero-order valence-electron chi connectivity index (χ0n) is 16.0. The smallest absolute Gasteiger partial charge is 0.338 e. The van der Waals surface area contributed by atoms with E-state index in [-0.39, 0.29) is 18.1 Å². The lowest BCUT2D eigenvalue weighted by Crippen LogP contribution is -2.48. The van der Waals surface area contributed by atoms with Gasteiger partial charge >= 0.3 is 11.9 Å². The van der Waals surface area contributed by atoms with Crippen LogP contribution in [0.15, 0.2) is 72.8 Å². The molecule has 0 aromatic heterocycles. The van der Waals surface area contributed by atoms with Crippen molar-refractivity contribution in [2.75, 3.05) is 6.61 Å². The molecular weight excluding hydrogens is 356 g/mol. The van der Waals surface area contributed by atoms with Crippen molar-refractivity contribution in [2.24, 2.45) is 5.92 Å². The first-order chi connectivity index (χ1) is 12.8. The van der Waals surface area contributed by atoms with E-state index in [9.17, 15) is 14.7 Å². The lowest BCUT2D eigenvalue weighted by molar-refractivity contribution is -0.141. The van der Waals surface area contributed by atoms with Crippen LogP contribution in [-0.4, -0.2) is 31.7 Å². The van der Waals surface area contributed by atoms with Gasteiger partial charge in [0.25, 0.3) is 0 Å². The molecule has 0 aliphatic heterocycles. The van der Waals surface area contributed by atoms with Crippen LogP contribution in [0, 0.1) is 5.92 Å². The molecule has 0 heterocycles. The van der Waals surface area contributed by atoms with Gasteiger partial charge in [-0.3, -0.25) is 4.79 Å². The van der Waals surface area contributed by atoms with Gasteiger partial charge in [-0.15, -0.1) is 0 Å². The minimum atomic E-state index is -2.08. The molecule has 2 rings (SSSR count). The summed E-state index contributed by atoms with van der Waals surface area (Å²) in [7, 11) is -2.08. The molecule has 142 valence electrons. The van der Waals surface area contributed by atoms with E-state index in [0.717, 1.165) is 0 Å². The molecule has 0 aliphatic carbocycles. The molecule has 2 atom stereocenters. The summed E-state index contributed by atoms with van der Waals surface area (Å²) >= 11 is 0. The highest BCUT2D eigenvalue weighted by atomic mass is 28.3. The first-order valence-corrected chi connectivity index (χ1v) is 12.1. The van der Waals surface area contributed by atoms with Gasteiger partial charge in [-0.05, 0) is 17.7 Å². The van der Waals surface area contributed by atoms with E-state index in [1.807, 2.05) is 30.3 Å². The minimum absolute atomic E-state index is 0.118.